The number of anilines is 1. The van der Waals surface area contributed by atoms with Gasteiger partial charge in [-0.25, -0.2) is 0 Å². The first-order chi connectivity index (χ1) is 16.7. The van der Waals surface area contributed by atoms with Gasteiger partial charge in [0.25, 0.3) is 0 Å². The van der Waals surface area contributed by atoms with Gasteiger partial charge in [0.1, 0.15) is 6.07 Å². The van der Waals surface area contributed by atoms with E-state index in [4.69, 9.17) is 11.6 Å². The van der Waals surface area contributed by atoms with Crippen LogP contribution < -0.4 is 4.90 Å². The summed E-state index contributed by atoms with van der Waals surface area (Å²) in [5.41, 5.74) is 1.92. The lowest BCUT2D eigenvalue weighted by atomic mass is 9.85. The van der Waals surface area contributed by atoms with Crippen molar-refractivity contribution in [2.24, 2.45) is 11.8 Å². The maximum atomic E-state index is 13.3. The van der Waals surface area contributed by atoms with Crippen LogP contribution in [0.5, 0.6) is 0 Å². The van der Waals surface area contributed by atoms with Crippen LogP contribution >= 0.6 is 11.6 Å². The zero-order chi connectivity index (χ0) is 24.9. The molecule has 12 heteroatoms. The molecule has 8 nitrogen and oxygen atoms in total. The number of hydrogen-bond acceptors (Lipinski definition) is 6. The van der Waals surface area contributed by atoms with Crippen LogP contribution in [0.25, 0.3) is 10.9 Å². The van der Waals surface area contributed by atoms with Crippen molar-refractivity contribution in [3.63, 3.8) is 0 Å². The van der Waals surface area contributed by atoms with Gasteiger partial charge < -0.3 is 14.4 Å². The molecule has 0 saturated carbocycles. The number of fused-ring (bicyclic) bond motifs is 2. The number of carbonyl (C=O) groups excluding carboxylic acids is 1. The van der Waals surface area contributed by atoms with E-state index in [0.29, 0.717) is 35.6 Å². The third-order valence-corrected chi connectivity index (χ3v) is 7.02. The molecule has 0 radical (unpaired) electrons. The molecule has 4 heterocycles. The summed E-state index contributed by atoms with van der Waals surface area (Å²) in [6.07, 6.45) is -2.49. The van der Waals surface area contributed by atoms with Gasteiger partial charge in [-0.2, -0.15) is 18.4 Å². The van der Waals surface area contributed by atoms with Crippen molar-refractivity contribution in [1.82, 2.24) is 24.6 Å². The maximum Gasteiger partial charge on any atom is 0.451 e. The van der Waals surface area contributed by atoms with Gasteiger partial charge in [-0.05, 0) is 30.5 Å². The monoisotopic (exact) mass is 503 g/mol. The van der Waals surface area contributed by atoms with Gasteiger partial charge in [0.05, 0.1) is 23.3 Å². The number of piperidine rings is 1. The molecule has 0 bridgehead atoms. The van der Waals surface area contributed by atoms with Crippen LogP contribution in [0, 0.1) is 23.2 Å². The minimum absolute atomic E-state index is 0.00315. The largest absolute Gasteiger partial charge is 0.451 e. The fourth-order valence-corrected chi connectivity index (χ4v) is 5.25. The summed E-state index contributed by atoms with van der Waals surface area (Å²) in [5.74, 6) is -1.30. The van der Waals surface area contributed by atoms with Crippen molar-refractivity contribution in [2.45, 2.75) is 32.6 Å². The highest BCUT2D eigenvalue weighted by molar-refractivity contribution is 6.31. The SMILES string of the molecule is C[C@@H]1CN(c2c(C#N)cnc3cc(Cl)ccc23)CC[C@@H]1C(=O)N1CCn2c(nnc2C(F)(F)F)C1. The van der Waals surface area contributed by atoms with Crippen LogP contribution in [0.2, 0.25) is 5.02 Å². The molecule has 1 amide bonds. The van der Waals surface area contributed by atoms with Crippen LogP contribution in [0.1, 0.15) is 30.6 Å². The number of halogens is 4. The zero-order valence-corrected chi connectivity index (χ0v) is 19.5. The molecular formula is C23H21ClF3N7O. The molecule has 1 fully saturated rings. The molecular weight excluding hydrogens is 483 g/mol. The van der Waals surface area contributed by atoms with Gasteiger partial charge in [0, 0.05) is 48.7 Å². The topological polar surface area (TPSA) is 90.9 Å². The standard InChI is InChI=1S/C23H21ClF3N7O/c1-13-11-32(20-14(9-28)10-29-18-8-15(24)2-3-17(18)20)5-4-16(13)21(35)33-6-7-34-19(12-33)30-31-22(34)23(25,26)27/h2-3,8,10,13,16H,4-7,11-12H2,1H3/t13-,16+/m1/s1. The van der Waals surface area contributed by atoms with Crippen molar-refractivity contribution < 1.29 is 18.0 Å². The molecule has 1 saturated heterocycles. The first kappa shape index (κ1) is 23.4. The van der Waals surface area contributed by atoms with Crippen LogP contribution in [-0.2, 0) is 24.1 Å². The third kappa shape index (κ3) is 4.16. The normalized spacial score (nSPS) is 20.6. The predicted molar refractivity (Wildman–Crippen MR) is 121 cm³/mol. The summed E-state index contributed by atoms with van der Waals surface area (Å²) >= 11 is 6.11. The molecule has 35 heavy (non-hydrogen) atoms. The lowest BCUT2D eigenvalue weighted by molar-refractivity contribution is -0.148. The lowest BCUT2D eigenvalue weighted by Crippen LogP contribution is -2.49. The Morgan fingerprint density at radius 3 is 2.74 bits per heavy atom. The summed E-state index contributed by atoms with van der Waals surface area (Å²) in [6, 6.07) is 7.57. The van der Waals surface area contributed by atoms with E-state index in [1.807, 2.05) is 13.0 Å². The van der Waals surface area contributed by atoms with Crippen LogP contribution in [0.15, 0.2) is 24.4 Å². The molecule has 182 valence electrons. The van der Waals surface area contributed by atoms with E-state index in [2.05, 4.69) is 26.2 Å². The van der Waals surface area contributed by atoms with Gasteiger partial charge in [0.2, 0.25) is 11.7 Å². The smallest absolute Gasteiger partial charge is 0.370 e. The van der Waals surface area contributed by atoms with Gasteiger partial charge >= 0.3 is 6.18 Å². The number of pyridine rings is 1. The van der Waals surface area contributed by atoms with Crippen LogP contribution in [0.4, 0.5) is 18.9 Å². The Morgan fingerprint density at radius 2 is 2.03 bits per heavy atom. The highest BCUT2D eigenvalue weighted by Crippen LogP contribution is 2.36. The number of amides is 1. The first-order valence-corrected chi connectivity index (χ1v) is 11.6. The molecule has 2 atom stereocenters. The summed E-state index contributed by atoms with van der Waals surface area (Å²) in [5, 5.41) is 18.0. The number of carbonyl (C=O) groups is 1. The van der Waals surface area contributed by atoms with E-state index < -0.39 is 12.0 Å². The van der Waals surface area contributed by atoms with E-state index in [9.17, 15) is 23.2 Å². The minimum atomic E-state index is -4.58. The molecule has 2 aliphatic heterocycles. The Balaban J connectivity index is 1.34. The fourth-order valence-electron chi connectivity index (χ4n) is 5.08. The molecule has 2 aliphatic rings. The number of nitrogens with zero attached hydrogens (tertiary/aromatic N) is 7. The summed E-state index contributed by atoms with van der Waals surface area (Å²) in [6.45, 7) is 3.27. The Bertz CT molecular complexity index is 1350. The summed E-state index contributed by atoms with van der Waals surface area (Å²) < 4.78 is 40.4. The Labute approximate surface area is 203 Å². The summed E-state index contributed by atoms with van der Waals surface area (Å²) in [4.78, 5) is 21.4. The highest BCUT2D eigenvalue weighted by atomic mass is 35.5. The van der Waals surface area contributed by atoms with Crippen LogP contribution in [0.3, 0.4) is 0 Å². The number of aromatic nitrogens is 4. The van der Waals surface area contributed by atoms with Crippen molar-refractivity contribution in [2.75, 3.05) is 24.5 Å². The molecule has 5 rings (SSSR count). The molecule has 0 aliphatic carbocycles. The Hall–Kier alpha value is -3.39. The molecule has 0 spiro atoms. The molecule has 3 aromatic rings. The molecule has 2 aromatic heterocycles. The number of hydrogen-bond donors (Lipinski definition) is 0. The van der Waals surface area contributed by atoms with Gasteiger partial charge in [0.15, 0.2) is 5.82 Å². The Morgan fingerprint density at radius 1 is 1.23 bits per heavy atom. The number of alkyl halides is 3. The van der Waals surface area contributed by atoms with E-state index in [0.717, 1.165) is 15.6 Å². The molecule has 0 unspecified atom stereocenters. The van der Waals surface area contributed by atoms with Crippen molar-refractivity contribution in [1.29, 1.82) is 5.26 Å². The Kier molecular flexibility index (Phi) is 5.79. The fraction of sp³-hybridized carbons (Fsp3) is 0.435. The maximum absolute atomic E-state index is 13.3. The van der Waals surface area contributed by atoms with Crippen molar-refractivity contribution in [3.05, 3.63) is 46.6 Å². The number of rotatable bonds is 2. The van der Waals surface area contributed by atoms with Gasteiger partial charge in [-0.15, -0.1) is 10.2 Å². The van der Waals surface area contributed by atoms with E-state index in [1.54, 1.807) is 17.0 Å². The quantitative estimate of drug-likeness (QED) is 0.527. The van der Waals surface area contributed by atoms with Gasteiger partial charge in [-0.1, -0.05) is 18.5 Å². The van der Waals surface area contributed by atoms with Crippen LogP contribution in [-0.4, -0.2) is 50.2 Å². The van der Waals surface area contributed by atoms with Crippen molar-refractivity contribution in [3.8, 4) is 6.07 Å². The number of benzene rings is 1. The second-order valence-corrected chi connectivity index (χ2v) is 9.40. The average Bonchev–Trinajstić information content (AvgIpc) is 3.26. The average molecular weight is 504 g/mol. The molecule has 0 N–H and O–H groups in total. The highest BCUT2D eigenvalue weighted by Gasteiger charge is 2.41. The second-order valence-electron chi connectivity index (χ2n) is 8.96. The predicted octanol–water partition coefficient (Wildman–Crippen LogP) is 3.87. The van der Waals surface area contributed by atoms with E-state index >= 15 is 0 Å². The minimum Gasteiger partial charge on any atom is -0.370 e. The number of nitriles is 1. The van der Waals surface area contributed by atoms with E-state index in [-0.39, 0.29) is 43.2 Å². The third-order valence-electron chi connectivity index (χ3n) is 6.78. The van der Waals surface area contributed by atoms with E-state index in [1.165, 1.54) is 6.20 Å². The van der Waals surface area contributed by atoms with Gasteiger partial charge in [-0.3, -0.25) is 9.78 Å². The summed E-state index contributed by atoms with van der Waals surface area (Å²) in [7, 11) is 0. The van der Waals surface area contributed by atoms with Crippen molar-refractivity contribution >= 4 is 34.1 Å². The first-order valence-electron chi connectivity index (χ1n) is 11.2. The zero-order valence-electron chi connectivity index (χ0n) is 18.8. The lowest BCUT2D eigenvalue weighted by Gasteiger charge is -2.40. The molecule has 1 aromatic carbocycles. The second kappa shape index (κ2) is 8.68.